The first kappa shape index (κ1) is 15.2. The summed E-state index contributed by atoms with van der Waals surface area (Å²) >= 11 is 1.35. The van der Waals surface area contributed by atoms with Crippen molar-refractivity contribution >= 4 is 29.1 Å². The summed E-state index contributed by atoms with van der Waals surface area (Å²) in [7, 11) is 0. The second-order valence-electron chi connectivity index (χ2n) is 4.93. The molecule has 1 aliphatic rings. The van der Waals surface area contributed by atoms with E-state index < -0.39 is 18.5 Å². The predicted octanol–water partition coefficient (Wildman–Crippen LogP) is 0.707. The lowest BCUT2D eigenvalue weighted by molar-refractivity contribution is -0.308. The fourth-order valence-corrected chi connectivity index (χ4v) is 3.14. The number of carbonyl (C=O) groups excluding carboxylic acids is 3. The number of ether oxygens (including phenoxy) is 2. The first-order valence-electron chi connectivity index (χ1n) is 6.77. The molecule has 0 atom stereocenters. The Morgan fingerprint density at radius 2 is 2.13 bits per heavy atom. The first-order chi connectivity index (χ1) is 11.0. The fraction of sp³-hybridized carbons (Fsp3) is 0.188. The van der Waals surface area contributed by atoms with Gasteiger partial charge in [0, 0.05) is 5.56 Å². The monoisotopic (exact) mass is 331 g/mol. The Labute approximate surface area is 135 Å². The van der Waals surface area contributed by atoms with Gasteiger partial charge in [-0.3, -0.25) is 9.59 Å². The van der Waals surface area contributed by atoms with Crippen molar-refractivity contribution in [1.29, 1.82) is 0 Å². The number of carboxylic acids is 1. The van der Waals surface area contributed by atoms with E-state index >= 15 is 0 Å². The predicted molar refractivity (Wildman–Crippen MR) is 78.2 cm³/mol. The minimum absolute atomic E-state index is 0.134. The molecule has 0 unspecified atom stereocenters. The molecule has 23 heavy (non-hydrogen) atoms. The highest BCUT2D eigenvalue weighted by Crippen LogP contribution is 2.31. The lowest BCUT2D eigenvalue weighted by Gasteiger charge is -2.09. The van der Waals surface area contributed by atoms with Crippen LogP contribution in [-0.2, 0) is 27.4 Å². The molecule has 0 saturated heterocycles. The van der Waals surface area contributed by atoms with Crippen LogP contribution in [0.1, 0.15) is 26.4 Å². The van der Waals surface area contributed by atoms with Crippen molar-refractivity contribution in [3.63, 3.8) is 0 Å². The van der Waals surface area contributed by atoms with Crippen molar-refractivity contribution in [3.8, 4) is 5.75 Å². The molecule has 1 aliphatic heterocycles. The number of ketones is 1. The number of fused-ring (bicyclic) bond motifs is 2. The first-order valence-corrected chi connectivity index (χ1v) is 7.65. The molecule has 7 heteroatoms. The molecule has 0 bridgehead atoms. The number of carboxylic acid groups (broad SMARTS) is 1. The van der Waals surface area contributed by atoms with Crippen LogP contribution in [0.3, 0.4) is 0 Å². The van der Waals surface area contributed by atoms with Crippen LogP contribution in [0.4, 0.5) is 0 Å². The zero-order chi connectivity index (χ0) is 16.4. The van der Waals surface area contributed by atoms with Crippen molar-refractivity contribution in [2.45, 2.75) is 13.0 Å². The molecule has 0 aliphatic carbocycles. The average Bonchev–Trinajstić information content (AvgIpc) is 2.95. The topological polar surface area (TPSA) is 92.7 Å². The molecule has 6 nitrogen and oxygen atoms in total. The van der Waals surface area contributed by atoms with Gasteiger partial charge in [0.15, 0.2) is 0 Å². The molecule has 2 aromatic rings. The summed E-state index contributed by atoms with van der Waals surface area (Å²) in [4.78, 5) is 35.0. The summed E-state index contributed by atoms with van der Waals surface area (Å²) in [5.74, 6) is -1.85. The number of thiophene rings is 1. The molecular weight excluding hydrogens is 320 g/mol. The molecule has 0 spiro atoms. The molecule has 0 amide bonds. The molecule has 1 aromatic carbocycles. The smallest absolute Gasteiger partial charge is 0.310 e. The third-order valence-electron chi connectivity index (χ3n) is 3.32. The van der Waals surface area contributed by atoms with Gasteiger partial charge in [0.1, 0.15) is 19.0 Å². The Hall–Kier alpha value is -2.67. The molecule has 118 valence electrons. The van der Waals surface area contributed by atoms with Crippen molar-refractivity contribution < 1.29 is 29.0 Å². The summed E-state index contributed by atoms with van der Waals surface area (Å²) in [6.07, 6.45) is -0.134. The fourth-order valence-electron chi connectivity index (χ4n) is 2.27. The van der Waals surface area contributed by atoms with Gasteiger partial charge in [0.2, 0.25) is 5.78 Å². The van der Waals surface area contributed by atoms with Crippen LogP contribution in [-0.4, -0.2) is 24.3 Å². The minimum Gasteiger partial charge on any atom is -0.546 e. The molecule has 0 radical (unpaired) electrons. The zero-order valence-electron chi connectivity index (χ0n) is 11.9. The normalized spacial score (nSPS) is 12.6. The quantitative estimate of drug-likeness (QED) is 0.766. The molecule has 0 fully saturated rings. The van der Waals surface area contributed by atoms with Gasteiger partial charge in [-0.2, -0.15) is 0 Å². The van der Waals surface area contributed by atoms with Gasteiger partial charge in [0.05, 0.1) is 22.8 Å². The van der Waals surface area contributed by atoms with Crippen LogP contribution in [0, 0.1) is 0 Å². The van der Waals surface area contributed by atoms with Crippen molar-refractivity contribution in [2.75, 3.05) is 6.61 Å². The van der Waals surface area contributed by atoms with Crippen molar-refractivity contribution in [3.05, 3.63) is 51.2 Å². The van der Waals surface area contributed by atoms with E-state index in [1.807, 2.05) is 11.4 Å². The number of hydrogen-bond donors (Lipinski definition) is 0. The second kappa shape index (κ2) is 6.21. The number of esters is 1. The SMILES string of the molecule is O=C([O-])COC(=O)Cc1ccc2c(c1)C(=O)c1sccc1CO2. The maximum absolute atomic E-state index is 12.6. The lowest BCUT2D eigenvalue weighted by Crippen LogP contribution is -2.29. The Bertz CT molecular complexity index is 792. The van der Waals surface area contributed by atoms with Crippen LogP contribution in [0.2, 0.25) is 0 Å². The summed E-state index contributed by atoms with van der Waals surface area (Å²) in [6, 6.07) is 6.70. The standard InChI is InChI=1S/C16H12O6S/c17-13(18)8-22-14(19)6-9-1-2-12-11(5-9)15(20)16-10(7-21-12)3-4-23-16/h1-5H,6-8H2,(H,17,18)/p-1. The third kappa shape index (κ3) is 3.24. The molecular formula is C16H11O6S-. The maximum atomic E-state index is 12.6. The number of rotatable bonds is 4. The Kier molecular flexibility index (Phi) is 4.12. The van der Waals surface area contributed by atoms with E-state index in [-0.39, 0.29) is 12.2 Å². The van der Waals surface area contributed by atoms with E-state index in [1.54, 1.807) is 18.2 Å². The van der Waals surface area contributed by atoms with Gasteiger partial charge in [-0.25, -0.2) is 0 Å². The van der Waals surface area contributed by atoms with Gasteiger partial charge in [0.25, 0.3) is 0 Å². The number of aliphatic carboxylic acids is 1. The van der Waals surface area contributed by atoms with Gasteiger partial charge in [-0.05, 0) is 29.1 Å². The van der Waals surface area contributed by atoms with Crippen LogP contribution in [0.5, 0.6) is 5.75 Å². The summed E-state index contributed by atoms with van der Waals surface area (Å²) in [5, 5.41) is 12.1. The van der Waals surface area contributed by atoms with Crippen molar-refractivity contribution in [1.82, 2.24) is 0 Å². The van der Waals surface area contributed by atoms with Crippen LogP contribution < -0.4 is 9.84 Å². The highest BCUT2D eigenvalue weighted by atomic mass is 32.1. The Morgan fingerprint density at radius 1 is 1.30 bits per heavy atom. The Morgan fingerprint density at radius 3 is 2.91 bits per heavy atom. The van der Waals surface area contributed by atoms with E-state index in [9.17, 15) is 19.5 Å². The molecule has 2 heterocycles. The van der Waals surface area contributed by atoms with E-state index in [1.165, 1.54) is 11.3 Å². The average molecular weight is 331 g/mol. The maximum Gasteiger partial charge on any atom is 0.310 e. The molecule has 3 rings (SSSR count). The highest BCUT2D eigenvalue weighted by Gasteiger charge is 2.24. The van der Waals surface area contributed by atoms with E-state index in [0.29, 0.717) is 28.4 Å². The van der Waals surface area contributed by atoms with Gasteiger partial charge in [-0.15, -0.1) is 11.3 Å². The minimum atomic E-state index is -1.46. The highest BCUT2D eigenvalue weighted by molar-refractivity contribution is 7.12. The number of benzene rings is 1. The molecule has 0 N–H and O–H groups in total. The largest absolute Gasteiger partial charge is 0.546 e. The molecule has 0 saturated carbocycles. The summed E-state index contributed by atoms with van der Waals surface area (Å²) < 4.78 is 10.2. The second-order valence-corrected chi connectivity index (χ2v) is 5.85. The van der Waals surface area contributed by atoms with E-state index in [4.69, 9.17) is 4.74 Å². The van der Waals surface area contributed by atoms with E-state index in [2.05, 4.69) is 4.74 Å². The van der Waals surface area contributed by atoms with Gasteiger partial charge >= 0.3 is 5.97 Å². The number of hydrogen-bond acceptors (Lipinski definition) is 7. The van der Waals surface area contributed by atoms with Gasteiger partial charge < -0.3 is 19.4 Å². The van der Waals surface area contributed by atoms with E-state index in [0.717, 1.165) is 5.56 Å². The van der Waals surface area contributed by atoms with Crippen molar-refractivity contribution in [2.24, 2.45) is 0 Å². The van der Waals surface area contributed by atoms with Crippen LogP contribution in [0.25, 0.3) is 0 Å². The zero-order valence-corrected chi connectivity index (χ0v) is 12.7. The van der Waals surface area contributed by atoms with Crippen LogP contribution >= 0.6 is 11.3 Å². The summed E-state index contributed by atoms with van der Waals surface area (Å²) in [5.41, 5.74) is 1.77. The molecule has 1 aromatic heterocycles. The Balaban J connectivity index is 1.82. The number of carbonyl (C=O) groups is 3. The third-order valence-corrected chi connectivity index (χ3v) is 4.28. The van der Waals surface area contributed by atoms with Crippen LogP contribution in [0.15, 0.2) is 29.6 Å². The lowest BCUT2D eigenvalue weighted by atomic mass is 10.0. The van der Waals surface area contributed by atoms with Gasteiger partial charge in [-0.1, -0.05) is 6.07 Å². The summed E-state index contributed by atoms with van der Waals surface area (Å²) in [6.45, 7) is -0.463.